The van der Waals surface area contributed by atoms with Crippen molar-refractivity contribution in [3.8, 4) is 0 Å². The van der Waals surface area contributed by atoms with E-state index in [1.54, 1.807) is 7.11 Å². The lowest BCUT2D eigenvalue weighted by molar-refractivity contribution is 0.0948. The summed E-state index contributed by atoms with van der Waals surface area (Å²) < 4.78 is 5.41. The Kier molecular flexibility index (Phi) is 6.51. The number of ether oxygens (including phenoxy) is 1. The van der Waals surface area contributed by atoms with Gasteiger partial charge in [-0.3, -0.25) is 4.79 Å². The highest BCUT2D eigenvalue weighted by atomic mass is 32.1. The lowest BCUT2D eigenvalue weighted by Gasteiger charge is -2.10. The van der Waals surface area contributed by atoms with Gasteiger partial charge in [-0.2, -0.15) is 0 Å². The monoisotopic (exact) mass is 382 g/mol. The Hall–Kier alpha value is -2.77. The third kappa shape index (κ3) is 5.12. The Bertz CT molecular complexity index is 970. The first-order chi connectivity index (χ1) is 13.2. The van der Waals surface area contributed by atoms with Crippen LogP contribution in [0.3, 0.4) is 0 Å². The molecule has 2 aromatic carbocycles. The normalized spacial score (nSPS) is 10.7. The van der Waals surface area contributed by atoms with Gasteiger partial charge in [-0.25, -0.2) is 4.98 Å². The molecule has 0 aliphatic rings. The Morgan fingerprint density at radius 2 is 1.96 bits per heavy atom. The van der Waals surface area contributed by atoms with Crippen LogP contribution in [0.2, 0.25) is 0 Å². The second-order valence-electron chi connectivity index (χ2n) is 6.09. The molecule has 1 amide bonds. The number of anilines is 1. The predicted molar refractivity (Wildman–Crippen MR) is 110 cm³/mol. The van der Waals surface area contributed by atoms with Crippen LogP contribution in [0, 0.1) is 4.77 Å². The second kappa shape index (κ2) is 9.25. The zero-order valence-corrected chi connectivity index (χ0v) is 15.9. The summed E-state index contributed by atoms with van der Waals surface area (Å²) in [6.45, 7) is 1.82. The summed E-state index contributed by atoms with van der Waals surface area (Å²) in [5.41, 5.74) is 2.64. The molecule has 1 aromatic heterocycles. The van der Waals surface area contributed by atoms with Crippen LogP contribution in [0.25, 0.3) is 10.9 Å². The van der Waals surface area contributed by atoms with Crippen molar-refractivity contribution in [3.63, 3.8) is 0 Å². The molecule has 0 unspecified atom stereocenters. The molecule has 0 aliphatic heterocycles. The van der Waals surface area contributed by atoms with Crippen molar-refractivity contribution in [3.05, 3.63) is 64.4 Å². The van der Waals surface area contributed by atoms with E-state index in [0.717, 1.165) is 28.7 Å². The fourth-order valence-electron chi connectivity index (χ4n) is 2.72. The Balaban J connectivity index is 1.62. The lowest BCUT2D eigenvalue weighted by atomic mass is 10.1. The molecule has 3 N–H and O–H groups in total. The van der Waals surface area contributed by atoms with Crippen molar-refractivity contribution in [1.82, 2.24) is 15.3 Å². The van der Waals surface area contributed by atoms with E-state index < -0.39 is 0 Å². The molecule has 0 saturated carbocycles. The Morgan fingerprint density at radius 1 is 1.19 bits per heavy atom. The molecule has 3 rings (SSSR count). The summed E-state index contributed by atoms with van der Waals surface area (Å²) in [5.74, 6) is 0.668. The molecule has 0 spiro atoms. The number of nitrogens with zero attached hydrogens (tertiary/aromatic N) is 1. The van der Waals surface area contributed by atoms with Crippen LogP contribution in [0.1, 0.15) is 22.3 Å². The van der Waals surface area contributed by atoms with Gasteiger partial charge in [0.15, 0.2) is 4.77 Å². The van der Waals surface area contributed by atoms with E-state index in [-0.39, 0.29) is 5.91 Å². The summed E-state index contributed by atoms with van der Waals surface area (Å²) in [5, 5.41) is 7.19. The summed E-state index contributed by atoms with van der Waals surface area (Å²) in [6.07, 6.45) is 0.796. The van der Waals surface area contributed by atoms with E-state index in [1.165, 1.54) is 0 Å². The average molecular weight is 382 g/mol. The molecule has 6 nitrogen and oxygen atoms in total. The van der Waals surface area contributed by atoms with Crippen molar-refractivity contribution >= 4 is 34.8 Å². The number of aromatic amines is 1. The number of para-hydroxylation sites is 1. The minimum atomic E-state index is -0.0763. The van der Waals surface area contributed by atoms with Gasteiger partial charge in [0.2, 0.25) is 0 Å². The number of methoxy groups -OCH3 is 1. The quantitative estimate of drug-likeness (QED) is 0.409. The second-order valence-corrected chi connectivity index (χ2v) is 6.48. The zero-order chi connectivity index (χ0) is 19.1. The van der Waals surface area contributed by atoms with Gasteiger partial charge in [0.25, 0.3) is 5.91 Å². The van der Waals surface area contributed by atoms with Gasteiger partial charge in [-0.05, 0) is 48.5 Å². The van der Waals surface area contributed by atoms with Crippen LogP contribution in [-0.4, -0.2) is 36.1 Å². The van der Waals surface area contributed by atoms with E-state index in [0.29, 0.717) is 30.0 Å². The maximum absolute atomic E-state index is 12.1. The zero-order valence-electron chi connectivity index (χ0n) is 15.1. The average Bonchev–Trinajstić information content (AvgIpc) is 2.69. The molecular formula is C20H22N4O2S. The van der Waals surface area contributed by atoms with Crippen molar-refractivity contribution in [2.45, 2.75) is 13.0 Å². The predicted octanol–water partition coefficient (Wildman–Crippen LogP) is 3.67. The van der Waals surface area contributed by atoms with Gasteiger partial charge < -0.3 is 20.4 Å². The maximum atomic E-state index is 12.1. The molecule has 0 bridgehead atoms. The molecule has 7 heteroatoms. The van der Waals surface area contributed by atoms with E-state index in [1.807, 2.05) is 48.5 Å². The Morgan fingerprint density at radius 3 is 2.74 bits per heavy atom. The number of nitrogens with one attached hydrogen (secondary N) is 3. The van der Waals surface area contributed by atoms with Gasteiger partial charge in [-0.15, -0.1) is 0 Å². The van der Waals surface area contributed by atoms with Crippen molar-refractivity contribution < 1.29 is 9.53 Å². The van der Waals surface area contributed by atoms with E-state index >= 15 is 0 Å². The molecular weight excluding hydrogens is 360 g/mol. The van der Waals surface area contributed by atoms with Crippen LogP contribution in [0.15, 0.2) is 48.5 Å². The summed E-state index contributed by atoms with van der Waals surface area (Å²) >= 11 is 5.20. The fraction of sp³-hybridized carbons (Fsp3) is 0.250. The van der Waals surface area contributed by atoms with Gasteiger partial charge in [0.1, 0.15) is 5.82 Å². The third-order valence-corrected chi connectivity index (χ3v) is 4.32. The summed E-state index contributed by atoms with van der Waals surface area (Å²) in [6, 6.07) is 15.4. The van der Waals surface area contributed by atoms with Crippen LogP contribution < -0.4 is 10.6 Å². The summed E-state index contributed by atoms with van der Waals surface area (Å²) in [4.78, 5) is 19.6. The maximum Gasteiger partial charge on any atom is 0.251 e. The van der Waals surface area contributed by atoms with Crippen LogP contribution in [0.4, 0.5) is 5.82 Å². The van der Waals surface area contributed by atoms with E-state index in [4.69, 9.17) is 17.0 Å². The first-order valence-electron chi connectivity index (χ1n) is 8.76. The van der Waals surface area contributed by atoms with Crippen molar-refractivity contribution in [2.24, 2.45) is 0 Å². The van der Waals surface area contributed by atoms with Crippen LogP contribution >= 0.6 is 12.2 Å². The molecule has 3 aromatic rings. The molecule has 140 valence electrons. The van der Waals surface area contributed by atoms with Gasteiger partial charge in [0, 0.05) is 37.8 Å². The topological polar surface area (TPSA) is 79.0 Å². The molecule has 0 aliphatic carbocycles. The number of hydrogen-bond acceptors (Lipinski definition) is 5. The molecule has 27 heavy (non-hydrogen) atoms. The Labute approximate surface area is 163 Å². The number of amides is 1. The number of carbonyl (C=O) groups is 1. The first-order valence-corrected chi connectivity index (χ1v) is 9.17. The number of H-pyrrole nitrogens is 1. The lowest BCUT2D eigenvalue weighted by Crippen LogP contribution is -2.25. The number of hydrogen-bond donors (Lipinski definition) is 3. The summed E-state index contributed by atoms with van der Waals surface area (Å²) in [7, 11) is 1.65. The third-order valence-electron chi connectivity index (χ3n) is 4.12. The molecule has 0 fully saturated rings. The molecule has 0 saturated heterocycles. The van der Waals surface area contributed by atoms with Crippen molar-refractivity contribution in [1.29, 1.82) is 0 Å². The number of carbonyl (C=O) groups excluding carboxylic acids is 1. The number of rotatable bonds is 8. The van der Waals surface area contributed by atoms with Gasteiger partial charge >= 0.3 is 0 Å². The van der Waals surface area contributed by atoms with E-state index in [9.17, 15) is 4.79 Å². The van der Waals surface area contributed by atoms with E-state index in [2.05, 4.69) is 20.6 Å². The van der Waals surface area contributed by atoms with Crippen molar-refractivity contribution in [2.75, 3.05) is 25.6 Å². The standard InChI is InChI=1S/C20H22N4O2S/c1-26-12-4-11-21-19(25)15-9-7-14(8-10-15)13-22-18-16-5-2-3-6-17(16)23-20(27)24-18/h2-3,5-10H,4,11-13H2,1H3,(H,21,25)(H2,22,23,24,27). The number of aromatic nitrogens is 2. The van der Waals surface area contributed by atoms with Gasteiger partial charge in [0.05, 0.1) is 5.52 Å². The first kappa shape index (κ1) is 19.0. The highest BCUT2D eigenvalue weighted by Gasteiger charge is 2.06. The fourth-order valence-corrected chi connectivity index (χ4v) is 2.92. The smallest absolute Gasteiger partial charge is 0.251 e. The molecule has 0 radical (unpaired) electrons. The SMILES string of the molecule is COCCCNC(=O)c1ccc(CNc2nc(=S)[nH]c3ccccc23)cc1. The van der Waals surface area contributed by atoms with Gasteiger partial charge in [-0.1, -0.05) is 24.3 Å². The number of fused-ring (bicyclic) bond motifs is 1. The highest BCUT2D eigenvalue weighted by molar-refractivity contribution is 7.71. The molecule has 1 heterocycles. The van der Waals surface area contributed by atoms with Crippen LogP contribution in [-0.2, 0) is 11.3 Å². The molecule has 0 atom stereocenters. The largest absolute Gasteiger partial charge is 0.385 e. The number of benzene rings is 2. The highest BCUT2D eigenvalue weighted by Crippen LogP contribution is 2.19. The van der Waals surface area contributed by atoms with Crippen LogP contribution in [0.5, 0.6) is 0 Å². The minimum Gasteiger partial charge on any atom is -0.385 e. The minimum absolute atomic E-state index is 0.0763.